The highest BCUT2D eigenvalue weighted by atomic mass is 16.6. The number of nitrogens with one attached hydrogen (secondary N) is 3. The quantitative estimate of drug-likeness (QED) is 0.254. The van der Waals surface area contributed by atoms with Crippen LogP contribution in [0.2, 0.25) is 0 Å². The third-order valence-electron chi connectivity index (χ3n) is 7.15. The average molecular weight is 572 g/mol. The monoisotopic (exact) mass is 571 g/mol. The molecule has 3 unspecified atom stereocenters. The van der Waals surface area contributed by atoms with Crippen molar-refractivity contribution >= 4 is 23.7 Å². The first-order chi connectivity index (χ1) is 20.2. The first-order valence-corrected chi connectivity index (χ1v) is 14.1. The smallest absolute Gasteiger partial charge is 0.408 e. The fourth-order valence-corrected chi connectivity index (χ4v) is 4.48. The summed E-state index contributed by atoms with van der Waals surface area (Å²) in [6.07, 6.45) is 0.395. The molecular formula is C33H37N3O6. The van der Waals surface area contributed by atoms with E-state index in [1.807, 2.05) is 91.0 Å². The molecule has 1 fully saturated rings. The van der Waals surface area contributed by atoms with Gasteiger partial charge in [0.05, 0.1) is 12.6 Å². The van der Waals surface area contributed by atoms with E-state index in [1.165, 1.54) is 6.92 Å². The second-order valence-electron chi connectivity index (χ2n) is 10.6. The standard InChI is InChI=1S/C33H37N3O6/c1-23(34-32(40)41-21-26-16-10-5-11-17-26)30(38)36-28(20-25-14-8-4-9-15-25)31(39)35-27(29(37)33(2)22-42-33)19-18-24-12-6-3-7-13-24/h3-17,23,27-28H,18-22H2,1-2H3,(H,34,40)(H,35,39)(H,36,38)/t23?,27?,28-,33?/m0/s1. The summed E-state index contributed by atoms with van der Waals surface area (Å²) in [5, 5.41) is 8.14. The first kappa shape index (κ1) is 30.5. The summed E-state index contributed by atoms with van der Waals surface area (Å²) >= 11 is 0. The number of benzene rings is 3. The maximum atomic E-state index is 13.6. The lowest BCUT2D eigenvalue weighted by Crippen LogP contribution is -2.56. The van der Waals surface area contributed by atoms with Gasteiger partial charge in [-0.2, -0.15) is 0 Å². The molecule has 3 aromatic rings. The summed E-state index contributed by atoms with van der Waals surface area (Å²) in [7, 11) is 0. The number of amides is 3. The van der Waals surface area contributed by atoms with Gasteiger partial charge in [0.1, 0.15) is 24.3 Å². The zero-order valence-corrected chi connectivity index (χ0v) is 23.9. The number of ketones is 1. The van der Waals surface area contributed by atoms with Crippen molar-refractivity contribution in [2.45, 2.75) is 63.4 Å². The molecule has 1 aliphatic heterocycles. The predicted molar refractivity (Wildman–Crippen MR) is 157 cm³/mol. The maximum absolute atomic E-state index is 13.6. The lowest BCUT2D eigenvalue weighted by molar-refractivity contribution is -0.133. The van der Waals surface area contributed by atoms with Gasteiger partial charge in [-0.3, -0.25) is 14.4 Å². The van der Waals surface area contributed by atoms with E-state index in [0.717, 1.165) is 16.7 Å². The molecule has 0 bridgehead atoms. The van der Waals surface area contributed by atoms with Crippen LogP contribution >= 0.6 is 0 Å². The summed E-state index contributed by atoms with van der Waals surface area (Å²) in [5.74, 6) is -1.26. The number of alkyl carbamates (subject to hydrolysis) is 1. The zero-order chi connectivity index (χ0) is 30.0. The number of carbonyl (C=O) groups is 4. The van der Waals surface area contributed by atoms with Crippen LogP contribution in [0.3, 0.4) is 0 Å². The predicted octanol–water partition coefficient (Wildman–Crippen LogP) is 3.50. The lowest BCUT2D eigenvalue weighted by atomic mass is 9.94. The van der Waals surface area contributed by atoms with Gasteiger partial charge in [-0.05, 0) is 43.4 Å². The van der Waals surface area contributed by atoms with E-state index in [0.29, 0.717) is 19.4 Å². The normalized spacial score (nSPS) is 17.7. The number of hydrogen-bond acceptors (Lipinski definition) is 6. The van der Waals surface area contributed by atoms with Gasteiger partial charge in [-0.25, -0.2) is 4.79 Å². The molecule has 42 heavy (non-hydrogen) atoms. The number of hydrogen-bond donors (Lipinski definition) is 3. The molecule has 4 atom stereocenters. The molecule has 9 heteroatoms. The molecule has 0 aromatic heterocycles. The van der Waals surface area contributed by atoms with Crippen molar-refractivity contribution in [2.75, 3.05) is 6.61 Å². The first-order valence-electron chi connectivity index (χ1n) is 14.1. The van der Waals surface area contributed by atoms with Crippen molar-refractivity contribution in [3.63, 3.8) is 0 Å². The molecule has 1 heterocycles. The second kappa shape index (κ2) is 14.4. The van der Waals surface area contributed by atoms with Crippen LogP contribution in [-0.2, 0) is 43.3 Å². The van der Waals surface area contributed by atoms with Gasteiger partial charge in [0.2, 0.25) is 11.8 Å². The summed E-state index contributed by atoms with van der Waals surface area (Å²) in [4.78, 5) is 52.3. The Kier molecular flexibility index (Phi) is 10.4. The highest BCUT2D eigenvalue weighted by Crippen LogP contribution is 2.29. The third kappa shape index (κ3) is 9.01. The minimum absolute atomic E-state index is 0.0566. The Labute approximate surface area is 246 Å². The molecule has 3 N–H and O–H groups in total. The van der Waals surface area contributed by atoms with Gasteiger partial charge >= 0.3 is 6.09 Å². The van der Waals surface area contributed by atoms with Gasteiger partial charge in [-0.1, -0.05) is 91.0 Å². The number of ether oxygens (including phenoxy) is 2. The van der Waals surface area contributed by atoms with Crippen LogP contribution in [0.4, 0.5) is 4.79 Å². The molecule has 1 aliphatic rings. The number of epoxide rings is 1. The van der Waals surface area contributed by atoms with Crippen molar-refractivity contribution in [1.29, 1.82) is 0 Å². The topological polar surface area (TPSA) is 126 Å². The van der Waals surface area contributed by atoms with Gasteiger partial charge in [0.25, 0.3) is 0 Å². The van der Waals surface area contributed by atoms with Crippen LogP contribution in [0, 0.1) is 0 Å². The van der Waals surface area contributed by atoms with Crippen LogP contribution in [0.15, 0.2) is 91.0 Å². The molecule has 3 amide bonds. The highest BCUT2D eigenvalue weighted by Gasteiger charge is 2.50. The summed E-state index contributed by atoms with van der Waals surface area (Å²) in [5.41, 5.74) is 1.75. The number of aryl methyl sites for hydroxylation is 1. The van der Waals surface area contributed by atoms with E-state index >= 15 is 0 Å². The molecule has 0 spiro atoms. The van der Waals surface area contributed by atoms with Crippen LogP contribution < -0.4 is 16.0 Å². The number of rotatable bonds is 14. The van der Waals surface area contributed by atoms with Crippen molar-refractivity contribution in [2.24, 2.45) is 0 Å². The number of carbonyl (C=O) groups excluding carboxylic acids is 4. The second-order valence-corrected chi connectivity index (χ2v) is 10.6. The molecule has 4 rings (SSSR count). The highest BCUT2D eigenvalue weighted by molar-refractivity contribution is 5.98. The summed E-state index contributed by atoms with van der Waals surface area (Å²) in [6.45, 7) is 3.58. The van der Waals surface area contributed by atoms with Crippen LogP contribution in [0.5, 0.6) is 0 Å². The fraction of sp³-hybridized carbons (Fsp3) is 0.333. The molecule has 220 valence electrons. The summed E-state index contributed by atoms with van der Waals surface area (Å²) in [6, 6.07) is 25.4. The van der Waals surface area contributed by atoms with E-state index in [2.05, 4.69) is 16.0 Å². The third-order valence-corrected chi connectivity index (χ3v) is 7.15. The Hall–Kier alpha value is -4.50. The van der Waals surface area contributed by atoms with E-state index in [9.17, 15) is 19.2 Å². The van der Waals surface area contributed by atoms with E-state index in [-0.39, 0.29) is 18.8 Å². The van der Waals surface area contributed by atoms with Crippen LogP contribution in [-0.4, -0.2) is 54.0 Å². The van der Waals surface area contributed by atoms with Crippen LogP contribution in [0.1, 0.15) is 37.0 Å². The average Bonchev–Trinajstić information content (AvgIpc) is 3.77. The zero-order valence-electron chi connectivity index (χ0n) is 23.9. The fourth-order valence-electron chi connectivity index (χ4n) is 4.48. The van der Waals surface area contributed by atoms with Crippen molar-refractivity contribution in [3.8, 4) is 0 Å². The Morgan fingerprint density at radius 2 is 1.29 bits per heavy atom. The van der Waals surface area contributed by atoms with Crippen molar-refractivity contribution in [1.82, 2.24) is 16.0 Å². The molecule has 9 nitrogen and oxygen atoms in total. The van der Waals surface area contributed by atoms with Gasteiger partial charge < -0.3 is 25.4 Å². The largest absolute Gasteiger partial charge is 0.445 e. The summed E-state index contributed by atoms with van der Waals surface area (Å²) < 4.78 is 10.6. The van der Waals surface area contributed by atoms with Gasteiger partial charge in [0, 0.05) is 6.42 Å². The van der Waals surface area contributed by atoms with E-state index < -0.39 is 41.6 Å². The molecular weight excluding hydrogens is 534 g/mol. The van der Waals surface area contributed by atoms with Gasteiger partial charge in [0.15, 0.2) is 5.78 Å². The van der Waals surface area contributed by atoms with Crippen molar-refractivity contribution in [3.05, 3.63) is 108 Å². The molecule has 0 radical (unpaired) electrons. The molecule has 0 aliphatic carbocycles. The minimum atomic E-state index is -0.996. The number of Topliss-reactive ketones (excluding diaryl/α,β-unsaturated/α-hetero) is 1. The molecule has 0 saturated carbocycles. The molecule has 1 saturated heterocycles. The van der Waals surface area contributed by atoms with Crippen LogP contribution in [0.25, 0.3) is 0 Å². The van der Waals surface area contributed by atoms with Gasteiger partial charge in [-0.15, -0.1) is 0 Å². The maximum Gasteiger partial charge on any atom is 0.408 e. The Morgan fingerprint density at radius 3 is 1.86 bits per heavy atom. The Bertz CT molecular complexity index is 1350. The lowest BCUT2D eigenvalue weighted by Gasteiger charge is -2.25. The minimum Gasteiger partial charge on any atom is -0.445 e. The van der Waals surface area contributed by atoms with E-state index in [1.54, 1.807) is 6.92 Å². The van der Waals surface area contributed by atoms with Crippen molar-refractivity contribution < 1.29 is 28.7 Å². The SMILES string of the molecule is CC(NC(=O)OCc1ccccc1)C(=O)N[C@@H](Cc1ccccc1)C(=O)NC(CCc1ccccc1)C(=O)C1(C)CO1. The van der Waals surface area contributed by atoms with E-state index in [4.69, 9.17) is 9.47 Å². The Balaban J connectivity index is 1.41. The molecule has 3 aromatic carbocycles. The Morgan fingerprint density at radius 1 is 0.762 bits per heavy atom.